The van der Waals surface area contributed by atoms with Crippen LogP contribution in [0.1, 0.15) is 30.8 Å². The summed E-state index contributed by atoms with van der Waals surface area (Å²) in [6.07, 6.45) is 0.683. The fraction of sp³-hybridized carbons (Fsp3) is 0.438. The first kappa shape index (κ1) is 16.0. The molecule has 0 aliphatic rings. The predicted molar refractivity (Wildman–Crippen MR) is 88.6 cm³/mol. The number of rotatable bonds is 5. The van der Waals surface area contributed by atoms with Gasteiger partial charge in [0.05, 0.1) is 23.0 Å². The summed E-state index contributed by atoms with van der Waals surface area (Å²) in [5, 5.41) is 4.53. The second kappa shape index (κ2) is 6.20. The van der Waals surface area contributed by atoms with Gasteiger partial charge in [0.25, 0.3) is 0 Å². The molecule has 1 heterocycles. The summed E-state index contributed by atoms with van der Waals surface area (Å²) in [6.45, 7) is 6.93. The van der Waals surface area contributed by atoms with Crippen LogP contribution in [-0.4, -0.2) is 16.9 Å². The molecule has 0 saturated carbocycles. The van der Waals surface area contributed by atoms with Crippen molar-refractivity contribution in [1.82, 2.24) is 9.78 Å². The standard InChI is InChI=1S/C16H22BrN3O/c1-5-20-13(15(17)11(2)19-20)10-16(3,18)12-8-6-7-9-14(12)21-4/h6-9H,5,10,18H2,1-4H3. The topological polar surface area (TPSA) is 53.1 Å². The van der Waals surface area contributed by atoms with Crippen LogP contribution < -0.4 is 10.5 Å². The Hall–Kier alpha value is -1.33. The maximum atomic E-state index is 6.61. The van der Waals surface area contributed by atoms with Gasteiger partial charge in [-0.15, -0.1) is 0 Å². The number of methoxy groups -OCH3 is 1. The van der Waals surface area contributed by atoms with Gasteiger partial charge in [-0.2, -0.15) is 5.10 Å². The molecule has 1 unspecified atom stereocenters. The molecule has 114 valence electrons. The number of nitrogens with two attached hydrogens (primary N) is 1. The second-order valence-corrected chi connectivity index (χ2v) is 6.25. The highest BCUT2D eigenvalue weighted by atomic mass is 79.9. The van der Waals surface area contributed by atoms with Gasteiger partial charge in [0, 0.05) is 24.1 Å². The Morgan fingerprint density at radius 3 is 2.67 bits per heavy atom. The third-order valence-corrected chi connectivity index (χ3v) is 4.74. The van der Waals surface area contributed by atoms with E-state index in [1.54, 1.807) is 7.11 Å². The van der Waals surface area contributed by atoms with E-state index in [9.17, 15) is 0 Å². The Bertz CT molecular complexity index is 634. The van der Waals surface area contributed by atoms with Crippen molar-refractivity contribution in [2.24, 2.45) is 5.73 Å². The smallest absolute Gasteiger partial charge is 0.123 e. The Labute approximate surface area is 134 Å². The molecule has 5 heteroatoms. The van der Waals surface area contributed by atoms with Crippen LogP contribution in [0.25, 0.3) is 0 Å². The zero-order valence-electron chi connectivity index (χ0n) is 13.0. The quantitative estimate of drug-likeness (QED) is 0.897. The van der Waals surface area contributed by atoms with E-state index in [-0.39, 0.29) is 0 Å². The molecule has 0 spiro atoms. The third-order valence-electron chi connectivity index (χ3n) is 3.71. The van der Waals surface area contributed by atoms with Gasteiger partial charge < -0.3 is 10.5 Å². The Balaban J connectivity index is 2.42. The van der Waals surface area contributed by atoms with Crippen molar-refractivity contribution in [3.8, 4) is 5.75 Å². The molecule has 2 rings (SSSR count). The van der Waals surface area contributed by atoms with E-state index >= 15 is 0 Å². The Morgan fingerprint density at radius 1 is 1.38 bits per heavy atom. The van der Waals surface area contributed by atoms with Crippen LogP contribution in [0.5, 0.6) is 5.75 Å². The lowest BCUT2D eigenvalue weighted by molar-refractivity contribution is 0.382. The number of para-hydroxylation sites is 1. The van der Waals surface area contributed by atoms with Gasteiger partial charge in [-0.1, -0.05) is 18.2 Å². The summed E-state index contributed by atoms with van der Waals surface area (Å²) >= 11 is 3.63. The highest BCUT2D eigenvalue weighted by Gasteiger charge is 2.28. The first-order valence-electron chi connectivity index (χ1n) is 7.05. The number of nitrogens with zero attached hydrogens (tertiary/aromatic N) is 2. The van der Waals surface area contributed by atoms with Crippen molar-refractivity contribution in [3.05, 3.63) is 45.7 Å². The number of ether oxygens (including phenoxy) is 1. The van der Waals surface area contributed by atoms with Crippen LogP contribution in [0.3, 0.4) is 0 Å². The minimum Gasteiger partial charge on any atom is -0.496 e. The number of hydrogen-bond acceptors (Lipinski definition) is 3. The molecule has 1 atom stereocenters. The highest BCUT2D eigenvalue weighted by Crippen LogP contribution is 2.33. The molecule has 0 amide bonds. The molecular formula is C16H22BrN3O. The molecule has 0 fully saturated rings. The minimum absolute atomic E-state index is 0.533. The zero-order valence-corrected chi connectivity index (χ0v) is 14.6. The summed E-state index contributed by atoms with van der Waals surface area (Å²) in [5.74, 6) is 0.818. The monoisotopic (exact) mass is 351 g/mol. The summed E-state index contributed by atoms with van der Waals surface area (Å²) in [6, 6.07) is 7.90. The maximum Gasteiger partial charge on any atom is 0.123 e. The van der Waals surface area contributed by atoms with Gasteiger partial charge in [-0.25, -0.2) is 0 Å². The zero-order chi connectivity index (χ0) is 15.6. The predicted octanol–water partition coefficient (Wildman–Crippen LogP) is 3.40. The van der Waals surface area contributed by atoms with E-state index < -0.39 is 5.54 Å². The molecular weight excluding hydrogens is 330 g/mol. The molecule has 0 aliphatic carbocycles. The third kappa shape index (κ3) is 3.14. The van der Waals surface area contributed by atoms with Gasteiger partial charge >= 0.3 is 0 Å². The van der Waals surface area contributed by atoms with Crippen molar-refractivity contribution in [2.45, 2.75) is 39.3 Å². The van der Waals surface area contributed by atoms with Gasteiger partial charge in [-0.05, 0) is 42.8 Å². The van der Waals surface area contributed by atoms with Crippen molar-refractivity contribution >= 4 is 15.9 Å². The van der Waals surface area contributed by atoms with Crippen LogP contribution in [0.4, 0.5) is 0 Å². The molecule has 1 aromatic carbocycles. The second-order valence-electron chi connectivity index (χ2n) is 5.46. The SMILES string of the molecule is CCn1nc(C)c(Br)c1CC(C)(N)c1ccccc1OC. The summed E-state index contributed by atoms with van der Waals surface area (Å²) < 4.78 is 8.49. The van der Waals surface area contributed by atoms with E-state index in [0.717, 1.165) is 33.7 Å². The van der Waals surface area contributed by atoms with Gasteiger partial charge in [0.2, 0.25) is 0 Å². The Morgan fingerprint density at radius 2 is 2.05 bits per heavy atom. The summed E-state index contributed by atoms with van der Waals surface area (Å²) in [5.41, 5.74) is 9.18. The molecule has 0 radical (unpaired) electrons. The average Bonchev–Trinajstić information content (AvgIpc) is 2.74. The summed E-state index contributed by atoms with van der Waals surface area (Å²) in [4.78, 5) is 0. The van der Waals surface area contributed by atoms with Crippen LogP contribution >= 0.6 is 15.9 Å². The van der Waals surface area contributed by atoms with E-state index in [2.05, 4.69) is 28.0 Å². The lowest BCUT2D eigenvalue weighted by atomic mass is 9.87. The molecule has 2 N–H and O–H groups in total. The average molecular weight is 352 g/mol. The lowest BCUT2D eigenvalue weighted by Gasteiger charge is -2.27. The van der Waals surface area contributed by atoms with Crippen LogP contribution in [-0.2, 0) is 18.5 Å². The molecule has 2 aromatic rings. The fourth-order valence-corrected chi connectivity index (χ4v) is 3.02. The lowest BCUT2D eigenvalue weighted by Crippen LogP contribution is -2.36. The fourth-order valence-electron chi connectivity index (χ4n) is 2.60. The van der Waals surface area contributed by atoms with Gasteiger partial charge in [0.1, 0.15) is 5.75 Å². The number of benzene rings is 1. The van der Waals surface area contributed by atoms with E-state index in [0.29, 0.717) is 6.42 Å². The largest absolute Gasteiger partial charge is 0.496 e. The summed E-state index contributed by atoms with van der Waals surface area (Å²) in [7, 11) is 1.67. The normalized spacial score (nSPS) is 14.0. The highest BCUT2D eigenvalue weighted by molar-refractivity contribution is 9.10. The number of halogens is 1. The van der Waals surface area contributed by atoms with Crippen molar-refractivity contribution in [1.29, 1.82) is 0 Å². The minimum atomic E-state index is -0.533. The maximum absolute atomic E-state index is 6.61. The van der Waals surface area contributed by atoms with Crippen molar-refractivity contribution in [2.75, 3.05) is 7.11 Å². The van der Waals surface area contributed by atoms with Crippen LogP contribution in [0, 0.1) is 6.92 Å². The van der Waals surface area contributed by atoms with E-state index in [1.807, 2.05) is 42.8 Å². The molecule has 0 aliphatic heterocycles. The number of aryl methyl sites for hydroxylation is 2. The van der Waals surface area contributed by atoms with Gasteiger partial charge in [-0.3, -0.25) is 4.68 Å². The van der Waals surface area contributed by atoms with Crippen molar-refractivity contribution < 1.29 is 4.74 Å². The molecule has 1 aromatic heterocycles. The first-order valence-corrected chi connectivity index (χ1v) is 7.84. The van der Waals surface area contributed by atoms with Crippen molar-refractivity contribution in [3.63, 3.8) is 0 Å². The molecule has 21 heavy (non-hydrogen) atoms. The van der Waals surface area contributed by atoms with E-state index in [1.165, 1.54) is 0 Å². The van der Waals surface area contributed by atoms with Gasteiger partial charge in [0.15, 0.2) is 0 Å². The Kier molecular flexibility index (Phi) is 4.74. The first-order chi connectivity index (χ1) is 9.90. The van der Waals surface area contributed by atoms with E-state index in [4.69, 9.17) is 10.5 Å². The number of hydrogen-bond donors (Lipinski definition) is 1. The van der Waals surface area contributed by atoms with Crippen LogP contribution in [0.15, 0.2) is 28.7 Å². The molecule has 4 nitrogen and oxygen atoms in total. The molecule has 0 saturated heterocycles. The molecule has 0 bridgehead atoms. The van der Waals surface area contributed by atoms with Crippen LogP contribution in [0.2, 0.25) is 0 Å². The number of aromatic nitrogens is 2.